The molecule has 0 amide bonds. The predicted molar refractivity (Wildman–Crippen MR) is 57.2 cm³/mol. The quantitative estimate of drug-likeness (QED) is 0.429. The van der Waals surface area contributed by atoms with E-state index in [1.165, 1.54) is 0 Å². The summed E-state index contributed by atoms with van der Waals surface area (Å²) in [4.78, 5) is 43.8. The molecule has 0 aromatic carbocycles. The van der Waals surface area contributed by atoms with Crippen molar-refractivity contribution in [2.75, 3.05) is 6.61 Å². The largest absolute Gasteiger partial charge is 0.550 e. The van der Waals surface area contributed by atoms with E-state index in [9.17, 15) is 29.4 Å². The second-order valence-corrected chi connectivity index (χ2v) is 3.86. The van der Waals surface area contributed by atoms with Gasteiger partial charge in [-0.2, -0.15) is 0 Å². The van der Waals surface area contributed by atoms with E-state index in [2.05, 4.69) is 9.47 Å². The summed E-state index contributed by atoms with van der Waals surface area (Å²) < 4.78 is 8.71. The molecule has 0 radical (unpaired) electrons. The van der Waals surface area contributed by atoms with E-state index >= 15 is 0 Å². The first-order valence-corrected chi connectivity index (χ1v) is 5.52. The third kappa shape index (κ3) is 6.51. The van der Waals surface area contributed by atoms with Gasteiger partial charge in [0.25, 0.3) is 0 Å². The van der Waals surface area contributed by atoms with Crippen molar-refractivity contribution in [3.05, 3.63) is 0 Å². The highest BCUT2D eigenvalue weighted by Crippen LogP contribution is 2.18. The number of hydrogen-bond donors (Lipinski definition) is 1. The number of carbonyl (C=O) groups excluding carboxylic acids is 4. The van der Waals surface area contributed by atoms with Crippen LogP contribution in [0.4, 0.5) is 0 Å². The van der Waals surface area contributed by atoms with Gasteiger partial charge in [0.1, 0.15) is 0 Å². The molecule has 1 unspecified atom stereocenters. The third-order valence-corrected chi connectivity index (χ3v) is 1.95. The van der Waals surface area contributed by atoms with Crippen LogP contribution in [0.25, 0.3) is 0 Å². The second-order valence-electron chi connectivity index (χ2n) is 3.86. The molecule has 0 saturated carbocycles. The van der Waals surface area contributed by atoms with E-state index < -0.39 is 42.3 Å². The molecular weight excluding hydrogens is 260 g/mol. The maximum Gasteiger partial charge on any atom is 0.339 e. The van der Waals surface area contributed by atoms with E-state index in [0.29, 0.717) is 6.42 Å². The lowest BCUT2D eigenvalue weighted by atomic mass is 9.96. The maximum atomic E-state index is 11.5. The topological polar surface area (TPSA) is 130 Å². The van der Waals surface area contributed by atoms with Crippen LogP contribution < -0.4 is 5.11 Å². The fourth-order valence-electron chi connectivity index (χ4n) is 1.21. The summed E-state index contributed by atoms with van der Waals surface area (Å²) in [6.45, 7) is 2.59. The van der Waals surface area contributed by atoms with Crippen LogP contribution in [-0.4, -0.2) is 41.2 Å². The van der Waals surface area contributed by atoms with Crippen LogP contribution in [0.2, 0.25) is 0 Å². The Morgan fingerprint density at radius 2 is 1.79 bits per heavy atom. The molecule has 0 bridgehead atoms. The van der Waals surface area contributed by atoms with E-state index in [1.54, 1.807) is 6.92 Å². The molecule has 0 fully saturated rings. The minimum atomic E-state index is -2.61. The molecule has 0 rings (SSSR count). The number of aliphatic carboxylic acids is 1. The normalized spacial score (nSPS) is 13.2. The molecule has 0 aliphatic carbocycles. The first-order valence-electron chi connectivity index (χ1n) is 5.52. The monoisotopic (exact) mass is 275 g/mol. The van der Waals surface area contributed by atoms with Crippen LogP contribution in [0.5, 0.6) is 0 Å². The van der Waals surface area contributed by atoms with Crippen LogP contribution in [0.1, 0.15) is 33.1 Å². The van der Waals surface area contributed by atoms with Crippen molar-refractivity contribution >= 4 is 23.9 Å². The zero-order valence-corrected chi connectivity index (χ0v) is 10.6. The van der Waals surface area contributed by atoms with Crippen LogP contribution in [0, 0.1) is 0 Å². The summed E-state index contributed by atoms with van der Waals surface area (Å²) in [5.41, 5.74) is -2.61. The molecule has 0 spiro atoms. The van der Waals surface area contributed by atoms with E-state index in [4.69, 9.17) is 0 Å². The highest BCUT2D eigenvalue weighted by molar-refractivity contribution is 5.92. The Morgan fingerprint density at radius 1 is 1.21 bits per heavy atom. The van der Waals surface area contributed by atoms with Crippen LogP contribution in [-0.2, 0) is 28.7 Å². The van der Waals surface area contributed by atoms with Gasteiger partial charge in [0, 0.05) is 19.3 Å². The van der Waals surface area contributed by atoms with Crippen LogP contribution in [0.15, 0.2) is 0 Å². The lowest BCUT2D eigenvalue weighted by molar-refractivity contribution is -0.309. The van der Waals surface area contributed by atoms with Gasteiger partial charge in [0.15, 0.2) is 5.60 Å². The number of rotatable bonds is 7. The Kier molecular flexibility index (Phi) is 6.70. The standard InChI is InChI=1S/C11H16O8/c1-3-4-18-10(16)11(17,5-8(13)14)6-9(15)19-7(2)12/h17H,3-6H2,1-2H3,(H,13,14)/p-1. The lowest BCUT2D eigenvalue weighted by Gasteiger charge is -2.25. The predicted octanol–water partition coefficient (Wildman–Crippen LogP) is -1.71. The average molecular weight is 275 g/mol. The van der Waals surface area contributed by atoms with Crippen molar-refractivity contribution in [3.63, 3.8) is 0 Å². The van der Waals surface area contributed by atoms with Crippen molar-refractivity contribution in [1.29, 1.82) is 0 Å². The van der Waals surface area contributed by atoms with Gasteiger partial charge < -0.3 is 24.5 Å². The summed E-state index contributed by atoms with van der Waals surface area (Å²) in [6.07, 6.45) is -1.70. The number of carboxylic acids is 1. The smallest absolute Gasteiger partial charge is 0.339 e. The van der Waals surface area contributed by atoms with E-state index in [-0.39, 0.29) is 6.61 Å². The molecule has 8 heteroatoms. The Morgan fingerprint density at radius 3 is 2.21 bits per heavy atom. The Hall–Kier alpha value is -1.96. The minimum Gasteiger partial charge on any atom is -0.550 e. The number of ether oxygens (including phenoxy) is 2. The molecule has 0 saturated heterocycles. The summed E-state index contributed by atoms with van der Waals surface area (Å²) in [7, 11) is 0. The van der Waals surface area contributed by atoms with Crippen LogP contribution >= 0.6 is 0 Å². The minimum absolute atomic E-state index is 0.0457. The molecule has 0 aliphatic heterocycles. The summed E-state index contributed by atoms with van der Waals surface area (Å²) in [5.74, 6) is -5.20. The van der Waals surface area contributed by atoms with Crippen molar-refractivity contribution < 1.29 is 38.9 Å². The molecule has 0 heterocycles. The zero-order valence-electron chi connectivity index (χ0n) is 10.6. The Labute approximate surface area is 109 Å². The SMILES string of the molecule is CCCOC(=O)C(O)(CC(=O)[O-])CC(=O)OC(C)=O. The third-order valence-electron chi connectivity index (χ3n) is 1.95. The number of carbonyl (C=O) groups is 4. The zero-order chi connectivity index (χ0) is 15.1. The van der Waals surface area contributed by atoms with Gasteiger partial charge in [-0.1, -0.05) is 6.92 Å². The highest BCUT2D eigenvalue weighted by Gasteiger charge is 2.41. The fraction of sp³-hybridized carbons (Fsp3) is 0.636. The number of aliphatic hydroxyl groups is 1. The van der Waals surface area contributed by atoms with Crippen molar-refractivity contribution in [1.82, 2.24) is 0 Å². The van der Waals surface area contributed by atoms with Crippen molar-refractivity contribution in [2.24, 2.45) is 0 Å². The van der Waals surface area contributed by atoms with Crippen LogP contribution in [0.3, 0.4) is 0 Å². The van der Waals surface area contributed by atoms with E-state index in [1.807, 2.05) is 0 Å². The van der Waals surface area contributed by atoms with Gasteiger partial charge in [-0.25, -0.2) is 4.79 Å². The first-order chi connectivity index (χ1) is 8.71. The molecule has 0 aliphatic rings. The Balaban J connectivity index is 4.85. The lowest BCUT2D eigenvalue weighted by Crippen LogP contribution is -2.47. The number of hydrogen-bond acceptors (Lipinski definition) is 8. The Bertz CT molecular complexity index is 375. The van der Waals surface area contributed by atoms with Crippen molar-refractivity contribution in [3.8, 4) is 0 Å². The van der Waals surface area contributed by atoms with Gasteiger partial charge in [-0.15, -0.1) is 0 Å². The van der Waals surface area contributed by atoms with Crippen molar-refractivity contribution in [2.45, 2.75) is 38.7 Å². The summed E-state index contributed by atoms with van der Waals surface area (Å²) in [5, 5.41) is 20.4. The fourth-order valence-corrected chi connectivity index (χ4v) is 1.21. The molecule has 19 heavy (non-hydrogen) atoms. The summed E-state index contributed by atoms with van der Waals surface area (Å²) >= 11 is 0. The van der Waals surface area contributed by atoms with Gasteiger partial charge in [0.05, 0.1) is 13.0 Å². The average Bonchev–Trinajstić information content (AvgIpc) is 2.22. The number of esters is 3. The summed E-state index contributed by atoms with van der Waals surface area (Å²) in [6, 6.07) is 0. The molecule has 1 atom stereocenters. The highest BCUT2D eigenvalue weighted by atomic mass is 16.6. The van der Waals surface area contributed by atoms with Gasteiger partial charge >= 0.3 is 17.9 Å². The molecule has 0 aromatic heterocycles. The maximum absolute atomic E-state index is 11.5. The second kappa shape index (κ2) is 7.47. The first kappa shape index (κ1) is 17.0. The molecular formula is C11H15O8-. The van der Waals surface area contributed by atoms with E-state index in [0.717, 1.165) is 6.92 Å². The molecule has 108 valence electrons. The molecule has 1 N–H and O–H groups in total. The molecule has 8 nitrogen and oxygen atoms in total. The van der Waals surface area contributed by atoms with Gasteiger partial charge in [0.2, 0.25) is 0 Å². The number of carboxylic acid groups (broad SMARTS) is 1. The van der Waals surface area contributed by atoms with Gasteiger partial charge in [-0.05, 0) is 6.42 Å². The molecule has 0 aromatic rings. The van der Waals surface area contributed by atoms with Gasteiger partial charge in [-0.3, -0.25) is 9.59 Å².